The SMILES string of the molecule is Cc1ncsc1CNc1cccc(C(=O)NC(C)C)c1. The standard InChI is InChI=1S/C15H19N3OS/c1-10(2)18-15(19)12-5-4-6-13(7-12)16-8-14-11(3)17-9-20-14/h4-7,9-10,16H,8H2,1-3H3,(H,18,19). The Bertz CT molecular complexity index is 592. The monoisotopic (exact) mass is 289 g/mol. The van der Waals surface area contributed by atoms with Gasteiger partial charge >= 0.3 is 0 Å². The lowest BCUT2D eigenvalue weighted by molar-refractivity contribution is 0.0943. The van der Waals surface area contributed by atoms with Crippen LogP contribution in [0.15, 0.2) is 29.8 Å². The van der Waals surface area contributed by atoms with Gasteiger partial charge in [0.15, 0.2) is 0 Å². The fraction of sp³-hybridized carbons (Fsp3) is 0.333. The van der Waals surface area contributed by atoms with Gasteiger partial charge in [-0.25, -0.2) is 4.98 Å². The Kier molecular flexibility index (Phi) is 4.74. The van der Waals surface area contributed by atoms with Crippen molar-refractivity contribution in [2.24, 2.45) is 0 Å². The van der Waals surface area contributed by atoms with Gasteiger partial charge in [-0.2, -0.15) is 0 Å². The first kappa shape index (κ1) is 14.5. The molecule has 2 aromatic rings. The third-order valence-corrected chi connectivity index (χ3v) is 3.78. The summed E-state index contributed by atoms with van der Waals surface area (Å²) >= 11 is 1.63. The van der Waals surface area contributed by atoms with Crippen LogP contribution in [0.2, 0.25) is 0 Å². The van der Waals surface area contributed by atoms with E-state index in [1.807, 2.05) is 50.5 Å². The summed E-state index contributed by atoms with van der Waals surface area (Å²) in [5.74, 6) is -0.0439. The minimum absolute atomic E-state index is 0.0439. The number of hydrogen-bond donors (Lipinski definition) is 2. The van der Waals surface area contributed by atoms with Gasteiger partial charge in [-0.3, -0.25) is 4.79 Å². The molecule has 0 atom stereocenters. The van der Waals surface area contributed by atoms with Gasteiger partial charge in [0.05, 0.1) is 17.7 Å². The molecule has 5 heteroatoms. The molecule has 2 rings (SSSR count). The van der Waals surface area contributed by atoms with Crippen LogP contribution in [0, 0.1) is 6.92 Å². The molecule has 106 valence electrons. The fourth-order valence-corrected chi connectivity index (χ4v) is 2.51. The number of benzene rings is 1. The lowest BCUT2D eigenvalue weighted by Crippen LogP contribution is -2.30. The number of nitrogens with zero attached hydrogens (tertiary/aromatic N) is 1. The van der Waals surface area contributed by atoms with Crippen LogP contribution < -0.4 is 10.6 Å². The molecule has 0 aliphatic carbocycles. The van der Waals surface area contributed by atoms with Crippen molar-refractivity contribution in [1.82, 2.24) is 10.3 Å². The molecule has 1 amide bonds. The molecule has 20 heavy (non-hydrogen) atoms. The van der Waals surface area contributed by atoms with E-state index >= 15 is 0 Å². The van der Waals surface area contributed by atoms with Crippen LogP contribution in [0.5, 0.6) is 0 Å². The van der Waals surface area contributed by atoms with Crippen molar-refractivity contribution < 1.29 is 4.79 Å². The number of carbonyl (C=O) groups is 1. The number of aryl methyl sites for hydroxylation is 1. The molecule has 0 spiro atoms. The van der Waals surface area contributed by atoms with Gasteiger partial charge < -0.3 is 10.6 Å². The smallest absolute Gasteiger partial charge is 0.251 e. The van der Waals surface area contributed by atoms with Crippen LogP contribution >= 0.6 is 11.3 Å². The van der Waals surface area contributed by atoms with Crippen molar-refractivity contribution in [3.05, 3.63) is 45.9 Å². The van der Waals surface area contributed by atoms with Crippen LogP contribution in [0.4, 0.5) is 5.69 Å². The molecule has 0 saturated carbocycles. The number of carbonyl (C=O) groups excluding carboxylic acids is 1. The molecule has 0 aliphatic heterocycles. The summed E-state index contributed by atoms with van der Waals surface area (Å²) in [7, 11) is 0. The highest BCUT2D eigenvalue weighted by atomic mass is 32.1. The van der Waals surface area contributed by atoms with E-state index in [0.29, 0.717) is 5.56 Å². The van der Waals surface area contributed by atoms with E-state index < -0.39 is 0 Å². The average Bonchev–Trinajstić information content (AvgIpc) is 2.81. The topological polar surface area (TPSA) is 54.0 Å². The minimum Gasteiger partial charge on any atom is -0.380 e. The Morgan fingerprint density at radius 2 is 2.20 bits per heavy atom. The van der Waals surface area contributed by atoms with E-state index in [1.54, 1.807) is 11.3 Å². The molecule has 2 N–H and O–H groups in total. The number of hydrogen-bond acceptors (Lipinski definition) is 4. The molecule has 0 aliphatic rings. The molecule has 1 aromatic carbocycles. The van der Waals surface area contributed by atoms with E-state index in [9.17, 15) is 4.79 Å². The predicted octanol–water partition coefficient (Wildman–Crippen LogP) is 3.20. The van der Waals surface area contributed by atoms with Crippen molar-refractivity contribution in [3.8, 4) is 0 Å². The lowest BCUT2D eigenvalue weighted by Gasteiger charge is -2.10. The summed E-state index contributed by atoms with van der Waals surface area (Å²) < 4.78 is 0. The van der Waals surface area contributed by atoms with Crippen molar-refractivity contribution in [2.75, 3.05) is 5.32 Å². The van der Waals surface area contributed by atoms with Crippen molar-refractivity contribution in [2.45, 2.75) is 33.4 Å². The Morgan fingerprint density at radius 1 is 1.40 bits per heavy atom. The first-order valence-corrected chi connectivity index (χ1v) is 7.48. The normalized spacial score (nSPS) is 10.6. The summed E-state index contributed by atoms with van der Waals surface area (Å²) in [6.07, 6.45) is 0. The van der Waals surface area contributed by atoms with Gasteiger partial charge in [-0.1, -0.05) is 6.07 Å². The largest absolute Gasteiger partial charge is 0.380 e. The summed E-state index contributed by atoms with van der Waals surface area (Å²) in [6.45, 7) is 6.63. The van der Waals surface area contributed by atoms with Crippen LogP contribution in [-0.4, -0.2) is 16.9 Å². The lowest BCUT2D eigenvalue weighted by atomic mass is 10.1. The summed E-state index contributed by atoms with van der Waals surface area (Å²) in [5.41, 5.74) is 4.51. The maximum atomic E-state index is 11.9. The number of thiazole rings is 1. The minimum atomic E-state index is -0.0439. The Morgan fingerprint density at radius 3 is 2.85 bits per heavy atom. The van der Waals surface area contributed by atoms with Crippen LogP contribution in [0.1, 0.15) is 34.8 Å². The van der Waals surface area contributed by atoms with E-state index in [0.717, 1.165) is 17.9 Å². The maximum Gasteiger partial charge on any atom is 0.251 e. The molecule has 1 heterocycles. The second-order valence-electron chi connectivity index (χ2n) is 4.92. The molecule has 0 saturated heterocycles. The van der Waals surface area contributed by atoms with Gasteiger partial charge in [-0.05, 0) is 39.0 Å². The first-order chi connectivity index (χ1) is 9.56. The van der Waals surface area contributed by atoms with E-state index in [-0.39, 0.29) is 11.9 Å². The zero-order chi connectivity index (χ0) is 14.5. The molecule has 0 radical (unpaired) electrons. The van der Waals surface area contributed by atoms with Gasteiger partial charge in [0.25, 0.3) is 5.91 Å². The van der Waals surface area contributed by atoms with Crippen LogP contribution in [0.25, 0.3) is 0 Å². The Labute approximate surface area is 123 Å². The average molecular weight is 289 g/mol. The third kappa shape index (κ3) is 3.81. The van der Waals surface area contributed by atoms with E-state index in [2.05, 4.69) is 15.6 Å². The zero-order valence-electron chi connectivity index (χ0n) is 11.9. The van der Waals surface area contributed by atoms with Crippen LogP contribution in [-0.2, 0) is 6.54 Å². The van der Waals surface area contributed by atoms with E-state index in [1.165, 1.54) is 4.88 Å². The van der Waals surface area contributed by atoms with Gasteiger partial charge in [0.1, 0.15) is 0 Å². The molecule has 0 bridgehead atoms. The quantitative estimate of drug-likeness (QED) is 0.888. The number of aromatic nitrogens is 1. The third-order valence-electron chi connectivity index (χ3n) is 2.84. The summed E-state index contributed by atoms with van der Waals surface area (Å²) in [5, 5.41) is 6.22. The molecular weight excluding hydrogens is 270 g/mol. The maximum absolute atomic E-state index is 11.9. The highest BCUT2D eigenvalue weighted by Crippen LogP contribution is 2.16. The molecule has 1 aromatic heterocycles. The number of amides is 1. The number of anilines is 1. The fourth-order valence-electron chi connectivity index (χ4n) is 1.79. The van der Waals surface area contributed by atoms with E-state index in [4.69, 9.17) is 0 Å². The second kappa shape index (κ2) is 6.52. The molecular formula is C15H19N3OS. The second-order valence-corrected chi connectivity index (χ2v) is 5.86. The first-order valence-electron chi connectivity index (χ1n) is 6.60. The molecule has 0 fully saturated rings. The van der Waals surface area contributed by atoms with Crippen molar-refractivity contribution in [3.63, 3.8) is 0 Å². The van der Waals surface area contributed by atoms with Crippen molar-refractivity contribution >= 4 is 22.9 Å². The summed E-state index contributed by atoms with van der Waals surface area (Å²) in [6, 6.07) is 7.67. The van der Waals surface area contributed by atoms with Gasteiger partial charge in [0, 0.05) is 22.2 Å². The highest BCUT2D eigenvalue weighted by Gasteiger charge is 2.07. The number of nitrogens with one attached hydrogen (secondary N) is 2. The van der Waals surface area contributed by atoms with Gasteiger partial charge in [-0.15, -0.1) is 11.3 Å². The Hall–Kier alpha value is -1.88. The zero-order valence-corrected chi connectivity index (χ0v) is 12.8. The molecule has 4 nitrogen and oxygen atoms in total. The number of rotatable bonds is 5. The van der Waals surface area contributed by atoms with Crippen LogP contribution in [0.3, 0.4) is 0 Å². The highest BCUT2D eigenvalue weighted by molar-refractivity contribution is 7.09. The summed E-state index contributed by atoms with van der Waals surface area (Å²) in [4.78, 5) is 17.4. The predicted molar refractivity (Wildman–Crippen MR) is 83.2 cm³/mol. The Balaban J connectivity index is 2.02. The van der Waals surface area contributed by atoms with Crippen molar-refractivity contribution in [1.29, 1.82) is 0 Å². The molecule has 0 unspecified atom stereocenters. The van der Waals surface area contributed by atoms with Gasteiger partial charge in [0.2, 0.25) is 0 Å².